The van der Waals surface area contributed by atoms with Gasteiger partial charge in [0.2, 0.25) is 5.60 Å². The van der Waals surface area contributed by atoms with Gasteiger partial charge in [0.1, 0.15) is 8.07 Å². The molecule has 5 heteroatoms. The average molecular weight is 405 g/mol. The monoisotopic (exact) mass is 404 g/mol. The van der Waals surface area contributed by atoms with Gasteiger partial charge in [-0.25, -0.2) is 0 Å². The lowest BCUT2D eigenvalue weighted by Crippen LogP contribution is -2.40. The molecule has 4 nitrogen and oxygen atoms in total. The van der Waals surface area contributed by atoms with E-state index in [9.17, 15) is 9.90 Å². The predicted octanol–water partition coefficient (Wildman–Crippen LogP) is 3.90. The second kappa shape index (κ2) is 7.36. The maximum absolute atomic E-state index is 13.5. The molecule has 0 bridgehead atoms. The van der Waals surface area contributed by atoms with Crippen LogP contribution in [0.2, 0.25) is 19.6 Å². The van der Waals surface area contributed by atoms with Crippen LogP contribution in [0.5, 0.6) is 0 Å². The first-order valence-electron chi connectivity index (χ1n) is 10.3. The van der Waals surface area contributed by atoms with E-state index in [0.29, 0.717) is 12.1 Å². The van der Waals surface area contributed by atoms with Crippen molar-refractivity contribution in [3.8, 4) is 11.5 Å². The van der Waals surface area contributed by atoms with Crippen molar-refractivity contribution in [2.45, 2.75) is 44.6 Å². The number of hydrogen-bond donors (Lipinski definition) is 1. The second-order valence-electron chi connectivity index (χ2n) is 8.95. The minimum Gasteiger partial charge on any atom is -0.371 e. The average Bonchev–Trinajstić information content (AvgIpc) is 3.30. The molecule has 1 saturated heterocycles. The summed E-state index contributed by atoms with van der Waals surface area (Å²) in [7, 11) is -1.77. The molecule has 2 aliphatic rings. The van der Waals surface area contributed by atoms with Crippen LogP contribution in [0.4, 0.5) is 11.4 Å². The Morgan fingerprint density at radius 1 is 1.00 bits per heavy atom. The number of rotatable bonds is 3. The highest BCUT2D eigenvalue weighted by molar-refractivity contribution is 6.83. The van der Waals surface area contributed by atoms with Gasteiger partial charge in [0.15, 0.2) is 0 Å². The molecule has 1 amide bonds. The third-order valence-corrected chi connectivity index (χ3v) is 6.35. The van der Waals surface area contributed by atoms with Crippen molar-refractivity contribution in [3.05, 3.63) is 59.7 Å². The molecule has 1 atom stereocenters. The van der Waals surface area contributed by atoms with E-state index >= 15 is 0 Å². The molecule has 1 fully saturated rings. The third kappa shape index (κ3) is 3.71. The van der Waals surface area contributed by atoms with Crippen LogP contribution in [0.1, 0.15) is 24.0 Å². The van der Waals surface area contributed by atoms with E-state index in [1.54, 1.807) is 4.90 Å². The predicted molar refractivity (Wildman–Crippen MR) is 121 cm³/mol. The molecule has 2 heterocycles. The summed E-state index contributed by atoms with van der Waals surface area (Å²) in [5, 5.41) is 11.7. The number of carbonyl (C=O) groups is 1. The van der Waals surface area contributed by atoms with Gasteiger partial charge in [0.05, 0.1) is 17.8 Å². The maximum atomic E-state index is 13.5. The molecule has 0 radical (unpaired) electrons. The fourth-order valence-electron chi connectivity index (χ4n) is 4.07. The molecule has 2 aromatic rings. The summed E-state index contributed by atoms with van der Waals surface area (Å²) in [6.07, 6.45) is 2.26. The molecule has 0 spiro atoms. The van der Waals surface area contributed by atoms with E-state index in [1.165, 1.54) is 0 Å². The lowest BCUT2D eigenvalue weighted by molar-refractivity contribution is -0.130. The molecule has 0 aliphatic carbocycles. The highest BCUT2D eigenvalue weighted by atomic mass is 28.3. The van der Waals surface area contributed by atoms with Crippen molar-refractivity contribution in [2.24, 2.45) is 0 Å². The summed E-state index contributed by atoms with van der Waals surface area (Å²) in [6.45, 7) is 8.68. The lowest BCUT2D eigenvalue weighted by Gasteiger charge is -2.24. The number of anilines is 2. The first-order valence-corrected chi connectivity index (χ1v) is 13.8. The fraction of sp³-hybridized carbons (Fsp3) is 0.375. The number of nitrogens with zero attached hydrogens (tertiary/aromatic N) is 2. The van der Waals surface area contributed by atoms with Crippen molar-refractivity contribution < 1.29 is 9.90 Å². The maximum Gasteiger partial charge on any atom is 0.277 e. The number of benzene rings is 2. The number of amides is 1. The first kappa shape index (κ1) is 19.7. The third-order valence-electron chi connectivity index (χ3n) is 5.48. The Bertz CT molecular complexity index is 981. The van der Waals surface area contributed by atoms with E-state index in [-0.39, 0.29) is 5.91 Å². The molecular formula is C24H28N2O2Si. The Labute approximate surface area is 174 Å². The summed E-state index contributed by atoms with van der Waals surface area (Å²) in [6, 6.07) is 15.8. The smallest absolute Gasteiger partial charge is 0.277 e. The van der Waals surface area contributed by atoms with Crippen molar-refractivity contribution >= 4 is 25.4 Å². The van der Waals surface area contributed by atoms with Crippen LogP contribution in [0.3, 0.4) is 0 Å². The zero-order valence-electron chi connectivity index (χ0n) is 17.4. The molecule has 0 aromatic heterocycles. The summed E-state index contributed by atoms with van der Waals surface area (Å²) >= 11 is 0. The number of hydrogen-bond acceptors (Lipinski definition) is 3. The molecule has 4 rings (SSSR count). The highest BCUT2D eigenvalue weighted by Crippen LogP contribution is 2.46. The van der Waals surface area contributed by atoms with Gasteiger partial charge in [0, 0.05) is 18.8 Å². The van der Waals surface area contributed by atoms with E-state index in [2.05, 4.69) is 36.0 Å². The van der Waals surface area contributed by atoms with Crippen LogP contribution in [-0.2, 0) is 16.9 Å². The summed E-state index contributed by atoms with van der Waals surface area (Å²) in [4.78, 5) is 17.5. The summed E-state index contributed by atoms with van der Waals surface area (Å²) < 4.78 is 0. The lowest BCUT2D eigenvalue weighted by atomic mass is 9.94. The largest absolute Gasteiger partial charge is 0.371 e. The molecular weight excluding hydrogens is 376 g/mol. The molecule has 1 unspecified atom stereocenters. The van der Waals surface area contributed by atoms with Gasteiger partial charge in [-0.2, -0.15) is 0 Å². The molecule has 150 valence electrons. The molecule has 1 N–H and O–H groups in total. The Hall–Kier alpha value is -2.55. The fourth-order valence-corrected chi connectivity index (χ4v) is 4.63. The standard InChI is InChI=1S/C24H28N2O2Si/c1-29(2,3)17-14-24(28)22-20(25-15-7-8-16-25)12-9-13-21(22)26(23(24)27)18-19-10-5-4-6-11-19/h4-6,9-13,28H,7-8,15-16,18H2,1-3H3. The number of fused-ring (bicyclic) bond motifs is 1. The van der Waals surface area contributed by atoms with Gasteiger partial charge < -0.3 is 14.9 Å². The van der Waals surface area contributed by atoms with Crippen LogP contribution < -0.4 is 9.80 Å². The molecule has 0 saturated carbocycles. The van der Waals surface area contributed by atoms with Gasteiger partial charge in [-0.15, -0.1) is 5.54 Å². The Morgan fingerprint density at radius 2 is 1.66 bits per heavy atom. The number of aliphatic hydroxyl groups is 1. The van der Waals surface area contributed by atoms with Crippen molar-refractivity contribution in [2.75, 3.05) is 22.9 Å². The molecule has 2 aliphatic heterocycles. The summed E-state index contributed by atoms with van der Waals surface area (Å²) in [5.41, 5.74) is 4.87. The second-order valence-corrected chi connectivity index (χ2v) is 13.7. The normalized spacial score (nSPS) is 21.2. The Balaban J connectivity index is 1.86. The highest BCUT2D eigenvalue weighted by Gasteiger charge is 2.51. The van der Waals surface area contributed by atoms with Crippen molar-refractivity contribution in [3.63, 3.8) is 0 Å². The van der Waals surface area contributed by atoms with Crippen LogP contribution in [0.25, 0.3) is 0 Å². The quantitative estimate of drug-likeness (QED) is 0.623. The van der Waals surface area contributed by atoms with E-state index in [1.807, 2.05) is 48.5 Å². The van der Waals surface area contributed by atoms with Gasteiger partial charge in [-0.05, 0) is 30.5 Å². The SMILES string of the molecule is C[Si](C)(C)C#CC1(O)C(=O)N(Cc2ccccc2)c2cccc(N3CCCC3)c21. The van der Waals surface area contributed by atoms with Crippen LogP contribution in [-0.4, -0.2) is 32.2 Å². The van der Waals surface area contributed by atoms with Crippen LogP contribution >= 0.6 is 0 Å². The zero-order chi connectivity index (χ0) is 20.6. The van der Waals surface area contributed by atoms with Crippen molar-refractivity contribution in [1.82, 2.24) is 0 Å². The van der Waals surface area contributed by atoms with Crippen LogP contribution in [0, 0.1) is 11.5 Å². The first-order chi connectivity index (χ1) is 13.8. The minimum absolute atomic E-state index is 0.339. The van der Waals surface area contributed by atoms with E-state index in [4.69, 9.17) is 0 Å². The van der Waals surface area contributed by atoms with Gasteiger partial charge >= 0.3 is 0 Å². The zero-order valence-corrected chi connectivity index (χ0v) is 18.4. The van der Waals surface area contributed by atoms with Gasteiger partial charge in [-0.3, -0.25) is 4.79 Å². The summed E-state index contributed by atoms with van der Waals surface area (Å²) in [5.74, 6) is 2.69. The Morgan fingerprint density at radius 3 is 2.31 bits per heavy atom. The van der Waals surface area contributed by atoms with Crippen LogP contribution in [0.15, 0.2) is 48.5 Å². The van der Waals surface area contributed by atoms with Gasteiger partial charge in [-0.1, -0.05) is 62.0 Å². The van der Waals surface area contributed by atoms with E-state index < -0.39 is 13.7 Å². The molecule has 29 heavy (non-hydrogen) atoms. The van der Waals surface area contributed by atoms with Gasteiger partial charge in [0.25, 0.3) is 5.91 Å². The van der Waals surface area contributed by atoms with E-state index in [0.717, 1.165) is 42.9 Å². The number of carbonyl (C=O) groups excluding carboxylic acids is 1. The Kier molecular flexibility index (Phi) is 5.01. The minimum atomic E-state index is -1.79. The molecule has 2 aromatic carbocycles. The topological polar surface area (TPSA) is 43.8 Å². The van der Waals surface area contributed by atoms with Crippen molar-refractivity contribution in [1.29, 1.82) is 0 Å².